The fraction of sp³-hybridized carbons (Fsp3) is 0.0714. The largest absolute Gasteiger partial charge is 0.489 e. The van der Waals surface area contributed by atoms with Gasteiger partial charge in [0.1, 0.15) is 12.4 Å². The minimum atomic E-state index is -1.52. The van der Waals surface area contributed by atoms with E-state index in [1.54, 1.807) is 36.4 Å². The molecule has 0 unspecified atom stereocenters. The molecule has 94 valence electrons. The molecule has 0 aliphatic carbocycles. The molecule has 2 N–H and O–H groups in total. The molecule has 0 saturated carbocycles. The second-order valence-electron chi connectivity index (χ2n) is 4.00. The van der Waals surface area contributed by atoms with Gasteiger partial charge in [-0.05, 0) is 23.7 Å². The van der Waals surface area contributed by atoms with Crippen molar-refractivity contribution in [2.24, 2.45) is 0 Å². The van der Waals surface area contributed by atoms with Crippen LogP contribution in [0.15, 0.2) is 48.5 Å². The van der Waals surface area contributed by atoms with E-state index in [4.69, 9.17) is 20.0 Å². The lowest BCUT2D eigenvalue weighted by atomic mass is 9.80. The molecule has 0 heterocycles. The Hall–Kier alpha value is -2.29. The van der Waals surface area contributed by atoms with Gasteiger partial charge in [0.15, 0.2) is 0 Å². The highest BCUT2D eigenvalue weighted by molar-refractivity contribution is 6.58. The van der Waals surface area contributed by atoms with Gasteiger partial charge in [0.2, 0.25) is 0 Å². The van der Waals surface area contributed by atoms with Gasteiger partial charge in [0.25, 0.3) is 0 Å². The Bertz CT molecular complexity index is 608. The quantitative estimate of drug-likeness (QED) is 0.791. The summed E-state index contributed by atoms with van der Waals surface area (Å²) < 4.78 is 5.55. The number of nitriles is 1. The molecule has 4 nitrogen and oxygen atoms in total. The Balaban J connectivity index is 2.11. The lowest BCUT2D eigenvalue weighted by molar-refractivity contribution is 0.306. The van der Waals surface area contributed by atoms with Crippen LogP contribution >= 0.6 is 0 Å². The van der Waals surface area contributed by atoms with Crippen molar-refractivity contribution in [2.45, 2.75) is 6.61 Å². The summed E-state index contributed by atoms with van der Waals surface area (Å²) in [6, 6.07) is 15.8. The molecular formula is C14H12BNO3. The average molecular weight is 253 g/mol. The van der Waals surface area contributed by atoms with Gasteiger partial charge < -0.3 is 14.8 Å². The van der Waals surface area contributed by atoms with E-state index in [1.807, 2.05) is 12.1 Å². The third-order valence-corrected chi connectivity index (χ3v) is 2.69. The predicted octanol–water partition coefficient (Wildman–Crippen LogP) is 0.817. The van der Waals surface area contributed by atoms with Gasteiger partial charge >= 0.3 is 7.12 Å². The van der Waals surface area contributed by atoms with Gasteiger partial charge in [-0.15, -0.1) is 0 Å². The van der Waals surface area contributed by atoms with Crippen molar-refractivity contribution in [1.29, 1.82) is 5.26 Å². The van der Waals surface area contributed by atoms with Crippen LogP contribution in [0.2, 0.25) is 0 Å². The highest BCUT2D eigenvalue weighted by atomic mass is 16.5. The Morgan fingerprint density at radius 1 is 1.11 bits per heavy atom. The van der Waals surface area contributed by atoms with E-state index < -0.39 is 7.12 Å². The molecule has 0 radical (unpaired) electrons. The molecule has 0 aliphatic heterocycles. The number of ether oxygens (including phenoxy) is 1. The topological polar surface area (TPSA) is 73.5 Å². The molecule has 0 aliphatic rings. The van der Waals surface area contributed by atoms with E-state index in [9.17, 15) is 0 Å². The fourth-order valence-corrected chi connectivity index (χ4v) is 1.68. The smallest absolute Gasteiger partial charge is 0.488 e. The molecule has 0 spiro atoms. The zero-order valence-corrected chi connectivity index (χ0v) is 10.2. The summed E-state index contributed by atoms with van der Waals surface area (Å²) in [4.78, 5) is 0. The van der Waals surface area contributed by atoms with Crippen LogP contribution < -0.4 is 10.2 Å². The Kier molecular flexibility index (Phi) is 4.19. The minimum Gasteiger partial charge on any atom is -0.489 e. The first kappa shape index (κ1) is 13.2. The number of rotatable bonds is 4. The van der Waals surface area contributed by atoms with Crippen LogP contribution in [0.1, 0.15) is 11.1 Å². The zero-order valence-electron chi connectivity index (χ0n) is 10.2. The van der Waals surface area contributed by atoms with Crippen LogP contribution in [0, 0.1) is 11.3 Å². The van der Waals surface area contributed by atoms with Crippen molar-refractivity contribution in [3.63, 3.8) is 0 Å². The molecule has 0 amide bonds. The minimum absolute atomic E-state index is 0.259. The van der Waals surface area contributed by atoms with Gasteiger partial charge in [-0.25, -0.2) is 0 Å². The highest BCUT2D eigenvalue weighted by Crippen LogP contribution is 2.13. The summed E-state index contributed by atoms with van der Waals surface area (Å²) in [7, 11) is -1.52. The molecule has 2 rings (SSSR count). The molecule has 0 atom stereocenters. The highest BCUT2D eigenvalue weighted by Gasteiger charge is 2.11. The van der Waals surface area contributed by atoms with E-state index >= 15 is 0 Å². The Labute approximate surface area is 111 Å². The van der Waals surface area contributed by atoms with Crippen molar-refractivity contribution < 1.29 is 14.8 Å². The first-order valence-corrected chi connectivity index (χ1v) is 5.77. The van der Waals surface area contributed by atoms with Crippen molar-refractivity contribution in [1.82, 2.24) is 0 Å². The zero-order chi connectivity index (χ0) is 13.7. The third-order valence-electron chi connectivity index (χ3n) is 2.69. The second kappa shape index (κ2) is 6.05. The maximum Gasteiger partial charge on any atom is 0.488 e. The summed E-state index contributed by atoms with van der Waals surface area (Å²) >= 11 is 0. The lowest BCUT2D eigenvalue weighted by Gasteiger charge is -2.08. The van der Waals surface area contributed by atoms with Crippen LogP contribution in [0.4, 0.5) is 0 Å². The van der Waals surface area contributed by atoms with Gasteiger partial charge in [0.05, 0.1) is 11.6 Å². The molecule has 0 fully saturated rings. The number of nitrogens with zero attached hydrogens (tertiary/aromatic N) is 1. The van der Waals surface area contributed by atoms with Crippen molar-refractivity contribution in [3.05, 3.63) is 59.7 Å². The normalized spacial score (nSPS) is 9.74. The standard InChI is InChI=1S/C14H12BNO3/c16-9-11-4-1-2-5-12(11)10-19-14-7-3-6-13(8-14)15(17)18/h1-8,17-18H,10H2. The van der Waals surface area contributed by atoms with Crippen LogP contribution in [0.25, 0.3) is 0 Å². The van der Waals surface area contributed by atoms with Crippen molar-refractivity contribution in [3.8, 4) is 11.8 Å². The molecule has 5 heteroatoms. The van der Waals surface area contributed by atoms with Gasteiger partial charge in [-0.1, -0.05) is 30.3 Å². The second-order valence-corrected chi connectivity index (χ2v) is 4.00. The van der Waals surface area contributed by atoms with Gasteiger partial charge in [-0.2, -0.15) is 5.26 Å². The molecule has 0 aromatic heterocycles. The molecule has 0 saturated heterocycles. The average Bonchev–Trinajstić information content (AvgIpc) is 2.45. The summed E-state index contributed by atoms with van der Waals surface area (Å²) in [5.74, 6) is 0.526. The predicted molar refractivity (Wildman–Crippen MR) is 71.8 cm³/mol. The van der Waals surface area contributed by atoms with E-state index in [0.717, 1.165) is 5.56 Å². The Morgan fingerprint density at radius 3 is 2.63 bits per heavy atom. The first-order valence-electron chi connectivity index (χ1n) is 5.77. The molecule has 2 aromatic rings. The first-order chi connectivity index (χ1) is 9.20. The van der Waals surface area contributed by atoms with Crippen LogP contribution in [0.3, 0.4) is 0 Å². The summed E-state index contributed by atoms with van der Waals surface area (Å²) in [5.41, 5.74) is 1.73. The summed E-state index contributed by atoms with van der Waals surface area (Å²) in [6.07, 6.45) is 0. The van der Waals surface area contributed by atoms with Crippen LogP contribution in [0.5, 0.6) is 5.75 Å². The van der Waals surface area contributed by atoms with Crippen LogP contribution in [-0.4, -0.2) is 17.2 Å². The van der Waals surface area contributed by atoms with Gasteiger partial charge in [0, 0.05) is 5.56 Å². The SMILES string of the molecule is N#Cc1ccccc1COc1cccc(B(O)O)c1. The van der Waals surface area contributed by atoms with Crippen molar-refractivity contribution in [2.75, 3.05) is 0 Å². The molecule has 19 heavy (non-hydrogen) atoms. The van der Waals surface area contributed by atoms with E-state index in [2.05, 4.69) is 6.07 Å². The lowest BCUT2D eigenvalue weighted by Crippen LogP contribution is -2.29. The third kappa shape index (κ3) is 3.35. The van der Waals surface area contributed by atoms with Crippen LogP contribution in [-0.2, 0) is 6.61 Å². The summed E-state index contributed by atoms with van der Waals surface area (Å²) in [5, 5.41) is 27.1. The fourth-order valence-electron chi connectivity index (χ4n) is 1.68. The monoisotopic (exact) mass is 253 g/mol. The van der Waals surface area contributed by atoms with E-state index in [-0.39, 0.29) is 6.61 Å². The van der Waals surface area contributed by atoms with E-state index in [1.165, 1.54) is 0 Å². The molecular weight excluding hydrogens is 241 g/mol. The number of hydrogen-bond donors (Lipinski definition) is 2. The number of benzene rings is 2. The maximum absolute atomic E-state index is 9.07. The van der Waals surface area contributed by atoms with E-state index in [0.29, 0.717) is 16.8 Å². The summed E-state index contributed by atoms with van der Waals surface area (Å²) in [6.45, 7) is 0.259. The number of hydrogen-bond acceptors (Lipinski definition) is 4. The molecule has 0 bridgehead atoms. The molecule has 2 aromatic carbocycles. The maximum atomic E-state index is 9.07. The Morgan fingerprint density at radius 2 is 1.89 bits per heavy atom. The van der Waals surface area contributed by atoms with Crippen molar-refractivity contribution >= 4 is 12.6 Å². The van der Waals surface area contributed by atoms with Gasteiger partial charge in [-0.3, -0.25) is 0 Å².